The molecule has 3 rings (SSSR count). The quantitative estimate of drug-likeness (QED) is 0.330. The van der Waals surface area contributed by atoms with Crippen LogP contribution in [0.1, 0.15) is 82.5 Å². The van der Waals surface area contributed by atoms with Crippen molar-refractivity contribution >= 4 is 24.1 Å². The van der Waals surface area contributed by atoms with E-state index in [1.807, 2.05) is 56.3 Å². The molecule has 0 radical (unpaired) electrons. The molecule has 0 aromatic heterocycles. The standard InChI is InChI=1S/C29H35N3O3/c1-4-21(14-16-30-3)22-13-12-20(2)26(19-22)29(35)32-27(15-17-33)23-8-7-9-24(18-23)28(34)31-25-10-5-6-11-25/h4,7-9,12-14,16,18-19,25,27,33H,3,5-6,10-11,15,17H2,1-2H3,(H,31,34)(H,32,35)/b16-14-,21-4+. The number of aryl methyl sites for hydroxylation is 1. The van der Waals surface area contributed by atoms with Crippen LogP contribution in [-0.2, 0) is 0 Å². The summed E-state index contributed by atoms with van der Waals surface area (Å²) in [6.45, 7) is 7.19. The molecule has 6 nitrogen and oxygen atoms in total. The molecule has 35 heavy (non-hydrogen) atoms. The summed E-state index contributed by atoms with van der Waals surface area (Å²) in [5.74, 6) is -0.331. The van der Waals surface area contributed by atoms with Crippen molar-refractivity contribution in [2.75, 3.05) is 6.61 Å². The van der Waals surface area contributed by atoms with Crippen LogP contribution in [0, 0.1) is 6.92 Å². The fourth-order valence-electron chi connectivity index (χ4n) is 4.46. The first-order chi connectivity index (χ1) is 17.0. The highest BCUT2D eigenvalue weighted by Crippen LogP contribution is 2.23. The van der Waals surface area contributed by atoms with Crippen LogP contribution in [0.3, 0.4) is 0 Å². The van der Waals surface area contributed by atoms with Crippen LogP contribution in [0.5, 0.6) is 0 Å². The molecule has 0 bridgehead atoms. The number of aliphatic imine (C=N–C) groups is 1. The zero-order valence-corrected chi connectivity index (χ0v) is 20.6. The number of aliphatic hydroxyl groups excluding tert-OH is 1. The van der Waals surface area contributed by atoms with E-state index in [-0.39, 0.29) is 24.5 Å². The molecule has 184 valence electrons. The number of hydrogen-bond donors (Lipinski definition) is 3. The van der Waals surface area contributed by atoms with Gasteiger partial charge in [-0.3, -0.25) is 14.6 Å². The molecule has 2 amide bonds. The molecule has 0 heterocycles. The molecule has 6 heteroatoms. The van der Waals surface area contributed by atoms with Crippen LogP contribution in [0.2, 0.25) is 0 Å². The normalized spacial score (nSPS) is 15.2. The van der Waals surface area contributed by atoms with Crippen molar-refractivity contribution in [3.63, 3.8) is 0 Å². The first-order valence-corrected chi connectivity index (χ1v) is 12.2. The van der Waals surface area contributed by atoms with Crippen LogP contribution in [0.15, 0.2) is 65.8 Å². The van der Waals surface area contributed by atoms with E-state index >= 15 is 0 Å². The molecular weight excluding hydrogens is 438 g/mol. The summed E-state index contributed by atoms with van der Waals surface area (Å²) in [7, 11) is 0. The minimum atomic E-state index is -0.430. The van der Waals surface area contributed by atoms with E-state index in [1.165, 1.54) is 0 Å². The molecule has 1 saturated carbocycles. The van der Waals surface area contributed by atoms with Gasteiger partial charge in [-0.15, -0.1) is 0 Å². The van der Waals surface area contributed by atoms with Crippen molar-refractivity contribution in [2.24, 2.45) is 4.99 Å². The third-order valence-corrected chi connectivity index (χ3v) is 6.45. The van der Waals surface area contributed by atoms with Gasteiger partial charge in [-0.05, 0) is 86.4 Å². The van der Waals surface area contributed by atoms with Gasteiger partial charge in [0.05, 0.1) is 6.04 Å². The lowest BCUT2D eigenvalue weighted by molar-refractivity contribution is 0.0926. The Morgan fingerprint density at radius 3 is 2.60 bits per heavy atom. The second-order valence-corrected chi connectivity index (χ2v) is 8.89. The Bertz CT molecular complexity index is 1110. The van der Waals surface area contributed by atoms with Gasteiger partial charge < -0.3 is 15.7 Å². The van der Waals surface area contributed by atoms with E-state index < -0.39 is 6.04 Å². The van der Waals surface area contributed by atoms with Crippen molar-refractivity contribution < 1.29 is 14.7 Å². The van der Waals surface area contributed by atoms with E-state index in [1.54, 1.807) is 18.3 Å². The van der Waals surface area contributed by atoms with Gasteiger partial charge in [-0.25, -0.2) is 0 Å². The Labute approximate surface area is 207 Å². The summed E-state index contributed by atoms with van der Waals surface area (Å²) in [5.41, 5.74) is 4.58. The second kappa shape index (κ2) is 12.8. The largest absolute Gasteiger partial charge is 0.396 e. The number of carbonyl (C=O) groups is 2. The van der Waals surface area contributed by atoms with Crippen molar-refractivity contribution in [3.8, 4) is 0 Å². The van der Waals surface area contributed by atoms with E-state index in [9.17, 15) is 14.7 Å². The van der Waals surface area contributed by atoms with Gasteiger partial charge >= 0.3 is 0 Å². The van der Waals surface area contributed by atoms with Gasteiger partial charge in [0.2, 0.25) is 0 Å². The zero-order chi connectivity index (χ0) is 25.2. The fourth-order valence-corrected chi connectivity index (χ4v) is 4.46. The Morgan fingerprint density at radius 2 is 1.91 bits per heavy atom. The Kier molecular flexibility index (Phi) is 9.56. The Morgan fingerprint density at radius 1 is 1.14 bits per heavy atom. The number of hydrogen-bond acceptors (Lipinski definition) is 4. The molecule has 0 aliphatic heterocycles. The number of benzene rings is 2. The van der Waals surface area contributed by atoms with Crippen molar-refractivity contribution in [1.29, 1.82) is 0 Å². The summed E-state index contributed by atoms with van der Waals surface area (Å²) >= 11 is 0. The molecule has 3 N–H and O–H groups in total. The summed E-state index contributed by atoms with van der Waals surface area (Å²) < 4.78 is 0. The monoisotopic (exact) mass is 473 g/mol. The highest BCUT2D eigenvalue weighted by molar-refractivity contribution is 5.97. The summed E-state index contributed by atoms with van der Waals surface area (Å²) in [6.07, 6.45) is 10.1. The maximum absolute atomic E-state index is 13.3. The third kappa shape index (κ3) is 6.99. The molecule has 1 fully saturated rings. The lowest BCUT2D eigenvalue weighted by Gasteiger charge is -2.20. The second-order valence-electron chi connectivity index (χ2n) is 8.89. The molecule has 1 atom stereocenters. The molecule has 1 aliphatic rings. The Hall–Kier alpha value is -3.51. The summed E-state index contributed by atoms with van der Waals surface area (Å²) in [5, 5.41) is 15.8. The smallest absolute Gasteiger partial charge is 0.252 e. The summed E-state index contributed by atoms with van der Waals surface area (Å²) in [6, 6.07) is 12.8. The number of aliphatic hydroxyl groups is 1. The number of carbonyl (C=O) groups excluding carboxylic acids is 2. The molecule has 0 saturated heterocycles. The predicted molar refractivity (Wildman–Crippen MR) is 142 cm³/mol. The number of allylic oxidation sites excluding steroid dienone is 3. The maximum atomic E-state index is 13.3. The highest BCUT2D eigenvalue weighted by Gasteiger charge is 2.21. The van der Waals surface area contributed by atoms with E-state index in [4.69, 9.17) is 0 Å². The third-order valence-electron chi connectivity index (χ3n) is 6.45. The fraction of sp³-hybridized carbons (Fsp3) is 0.345. The van der Waals surface area contributed by atoms with Crippen molar-refractivity contribution in [3.05, 3.63) is 88.6 Å². The van der Waals surface area contributed by atoms with E-state index in [2.05, 4.69) is 22.3 Å². The number of amides is 2. The molecule has 2 aromatic rings. The summed E-state index contributed by atoms with van der Waals surface area (Å²) in [4.78, 5) is 29.8. The van der Waals surface area contributed by atoms with E-state index in [0.29, 0.717) is 17.5 Å². The van der Waals surface area contributed by atoms with Crippen molar-refractivity contribution in [1.82, 2.24) is 10.6 Å². The van der Waals surface area contributed by atoms with Gasteiger partial charge in [0.25, 0.3) is 11.8 Å². The number of rotatable bonds is 10. The molecule has 0 spiro atoms. The van der Waals surface area contributed by atoms with Crippen molar-refractivity contribution in [2.45, 2.75) is 58.0 Å². The minimum Gasteiger partial charge on any atom is -0.396 e. The molecular formula is C29H35N3O3. The average molecular weight is 474 g/mol. The van der Waals surface area contributed by atoms with Gasteiger partial charge in [0.15, 0.2) is 0 Å². The van der Waals surface area contributed by atoms with Gasteiger partial charge in [0.1, 0.15) is 0 Å². The van der Waals surface area contributed by atoms with Crippen LogP contribution >= 0.6 is 0 Å². The van der Waals surface area contributed by atoms with E-state index in [0.717, 1.165) is 47.9 Å². The van der Waals surface area contributed by atoms with Crippen LogP contribution in [0.4, 0.5) is 0 Å². The first kappa shape index (κ1) is 26.1. The molecule has 2 aromatic carbocycles. The van der Waals surface area contributed by atoms with Crippen LogP contribution in [-0.4, -0.2) is 36.3 Å². The SMILES string of the molecule is C=N/C=C\C(=C/C)c1ccc(C)c(C(=O)NC(CCO)c2cccc(C(=O)NC3CCCC3)c2)c1. The predicted octanol–water partition coefficient (Wildman–Crippen LogP) is 5.14. The maximum Gasteiger partial charge on any atom is 0.252 e. The zero-order valence-electron chi connectivity index (χ0n) is 20.6. The van der Waals surface area contributed by atoms with Crippen LogP contribution < -0.4 is 10.6 Å². The molecule has 1 aliphatic carbocycles. The average Bonchev–Trinajstić information content (AvgIpc) is 3.38. The lowest BCUT2D eigenvalue weighted by atomic mass is 9.97. The topological polar surface area (TPSA) is 90.8 Å². The van der Waals surface area contributed by atoms with Crippen LogP contribution in [0.25, 0.3) is 5.57 Å². The number of nitrogens with zero attached hydrogens (tertiary/aromatic N) is 1. The first-order valence-electron chi connectivity index (χ1n) is 12.2. The minimum absolute atomic E-state index is 0.0927. The van der Waals surface area contributed by atoms with Gasteiger partial charge in [-0.1, -0.05) is 43.2 Å². The Balaban J connectivity index is 1.81. The number of nitrogens with one attached hydrogen (secondary N) is 2. The van der Waals surface area contributed by atoms with Gasteiger partial charge in [0, 0.05) is 30.0 Å². The highest BCUT2D eigenvalue weighted by atomic mass is 16.3. The van der Waals surface area contributed by atoms with Gasteiger partial charge in [-0.2, -0.15) is 0 Å². The lowest BCUT2D eigenvalue weighted by Crippen LogP contribution is -2.33. The molecule has 1 unspecified atom stereocenters.